The number of anilines is 1. The molecule has 3 atom stereocenters. The number of nitrogens with one attached hydrogen (secondary N) is 1. The molecular weight excluding hydrogens is 252 g/mol. The standard InChI is InChI=1S/C16H24N2O2/c1-10-7-8-12(9-11(10)2)18-16(19)13-5-4-6-14(17)15(13)20-3/h4-6,10-12H,7-9,17H2,1-3H3,(H,18,19). The van der Waals surface area contributed by atoms with Crippen LogP contribution < -0.4 is 15.8 Å². The first-order valence-electron chi connectivity index (χ1n) is 7.26. The number of amides is 1. The van der Waals surface area contributed by atoms with Crippen molar-refractivity contribution in [2.75, 3.05) is 12.8 Å². The highest BCUT2D eigenvalue weighted by Crippen LogP contribution is 2.30. The summed E-state index contributed by atoms with van der Waals surface area (Å²) in [5.41, 5.74) is 6.84. The van der Waals surface area contributed by atoms with E-state index >= 15 is 0 Å². The Labute approximate surface area is 120 Å². The topological polar surface area (TPSA) is 64.3 Å². The third-order valence-corrected chi connectivity index (χ3v) is 4.43. The van der Waals surface area contributed by atoms with Crippen LogP contribution in [0.5, 0.6) is 5.75 Å². The second-order valence-electron chi connectivity index (χ2n) is 5.87. The molecule has 4 nitrogen and oxygen atoms in total. The summed E-state index contributed by atoms with van der Waals surface area (Å²) in [5.74, 6) is 1.75. The molecule has 1 saturated carbocycles. The van der Waals surface area contributed by atoms with Crippen LogP contribution in [0.4, 0.5) is 5.69 Å². The summed E-state index contributed by atoms with van der Waals surface area (Å²) < 4.78 is 5.24. The normalized spacial score (nSPS) is 26.1. The number of carbonyl (C=O) groups excluding carboxylic acids is 1. The molecular formula is C16H24N2O2. The Bertz CT molecular complexity index is 487. The van der Waals surface area contributed by atoms with Gasteiger partial charge in [-0.25, -0.2) is 0 Å². The number of rotatable bonds is 3. The Morgan fingerprint density at radius 3 is 2.70 bits per heavy atom. The molecule has 1 aliphatic rings. The van der Waals surface area contributed by atoms with Crippen molar-refractivity contribution in [3.05, 3.63) is 23.8 Å². The van der Waals surface area contributed by atoms with Crippen molar-refractivity contribution in [2.24, 2.45) is 11.8 Å². The van der Waals surface area contributed by atoms with E-state index in [4.69, 9.17) is 10.5 Å². The number of methoxy groups -OCH3 is 1. The fraction of sp³-hybridized carbons (Fsp3) is 0.562. The summed E-state index contributed by atoms with van der Waals surface area (Å²) in [6.45, 7) is 4.54. The first-order chi connectivity index (χ1) is 9.52. The monoisotopic (exact) mass is 276 g/mol. The van der Waals surface area contributed by atoms with Crippen molar-refractivity contribution < 1.29 is 9.53 Å². The Morgan fingerprint density at radius 2 is 2.05 bits per heavy atom. The van der Waals surface area contributed by atoms with Crippen molar-refractivity contribution in [3.63, 3.8) is 0 Å². The van der Waals surface area contributed by atoms with Crippen LogP contribution in [-0.4, -0.2) is 19.1 Å². The Kier molecular flexibility index (Phi) is 4.53. The molecule has 0 radical (unpaired) electrons. The van der Waals surface area contributed by atoms with Gasteiger partial charge >= 0.3 is 0 Å². The van der Waals surface area contributed by atoms with Gasteiger partial charge in [-0.15, -0.1) is 0 Å². The van der Waals surface area contributed by atoms with Crippen LogP contribution in [0.2, 0.25) is 0 Å². The first kappa shape index (κ1) is 14.7. The quantitative estimate of drug-likeness (QED) is 0.834. The molecule has 1 aliphatic carbocycles. The van der Waals surface area contributed by atoms with Crippen molar-refractivity contribution in [1.29, 1.82) is 0 Å². The smallest absolute Gasteiger partial charge is 0.255 e. The molecule has 0 heterocycles. The van der Waals surface area contributed by atoms with Crippen LogP contribution in [0.1, 0.15) is 43.5 Å². The highest BCUT2D eigenvalue weighted by molar-refractivity contribution is 5.98. The van der Waals surface area contributed by atoms with E-state index in [0.29, 0.717) is 22.9 Å². The predicted molar refractivity (Wildman–Crippen MR) is 80.8 cm³/mol. The summed E-state index contributed by atoms with van der Waals surface area (Å²) in [7, 11) is 1.53. The minimum atomic E-state index is -0.0964. The van der Waals surface area contributed by atoms with Gasteiger partial charge in [-0.1, -0.05) is 19.9 Å². The lowest BCUT2D eigenvalue weighted by atomic mass is 9.79. The van der Waals surface area contributed by atoms with Crippen LogP contribution in [-0.2, 0) is 0 Å². The van der Waals surface area contributed by atoms with Crippen LogP contribution in [0, 0.1) is 11.8 Å². The summed E-state index contributed by atoms with van der Waals surface area (Å²) in [6, 6.07) is 5.51. The molecule has 110 valence electrons. The van der Waals surface area contributed by atoms with Crippen LogP contribution in [0.3, 0.4) is 0 Å². The molecule has 0 bridgehead atoms. The lowest BCUT2D eigenvalue weighted by molar-refractivity contribution is 0.0907. The lowest BCUT2D eigenvalue weighted by Crippen LogP contribution is -2.40. The van der Waals surface area contributed by atoms with E-state index < -0.39 is 0 Å². The average Bonchev–Trinajstić information content (AvgIpc) is 2.42. The molecule has 0 aromatic heterocycles. The molecule has 2 rings (SSSR count). The molecule has 1 aromatic carbocycles. The molecule has 0 aliphatic heterocycles. The molecule has 1 fully saturated rings. The van der Waals surface area contributed by atoms with E-state index in [1.165, 1.54) is 13.5 Å². The Morgan fingerprint density at radius 1 is 1.30 bits per heavy atom. The van der Waals surface area contributed by atoms with E-state index in [9.17, 15) is 4.79 Å². The minimum Gasteiger partial charge on any atom is -0.494 e. The molecule has 4 heteroatoms. The second-order valence-corrected chi connectivity index (χ2v) is 5.87. The zero-order valence-electron chi connectivity index (χ0n) is 12.5. The van der Waals surface area contributed by atoms with Gasteiger partial charge in [0, 0.05) is 6.04 Å². The summed E-state index contributed by atoms with van der Waals surface area (Å²) >= 11 is 0. The van der Waals surface area contributed by atoms with Gasteiger partial charge in [0.25, 0.3) is 5.91 Å². The van der Waals surface area contributed by atoms with Gasteiger partial charge < -0.3 is 15.8 Å². The maximum atomic E-state index is 12.4. The van der Waals surface area contributed by atoms with Gasteiger partial charge in [-0.05, 0) is 43.2 Å². The number of benzene rings is 1. The molecule has 3 N–H and O–H groups in total. The average molecular weight is 276 g/mol. The molecule has 0 spiro atoms. The molecule has 3 unspecified atom stereocenters. The Balaban J connectivity index is 2.07. The number of hydrogen-bond acceptors (Lipinski definition) is 3. The first-order valence-corrected chi connectivity index (χ1v) is 7.26. The van der Waals surface area contributed by atoms with E-state index in [1.807, 2.05) is 0 Å². The van der Waals surface area contributed by atoms with E-state index in [2.05, 4.69) is 19.2 Å². The summed E-state index contributed by atoms with van der Waals surface area (Å²) in [5, 5.41) is 3.11. The van der Waals surface area contributed by atoms with E-state index in [-0.39, 0.29) is 11.9 Å². The van der Waals surface area contributed by atoms with Crippen molar-refractivity contribution in [3.8, 4) is 5.75 Å². The van der Waals surface area contributed by atoms with E-state index in [0.717, 1.165) is 18.8 Å². The molecule has 1 aromatic rings. The predicted octanol–water partition coefficient (Wildman–Crippen LogP) is 2.83. The number of carbonyl (C=O) groups is 1. The zero-order chi connectivity index (χ0) is 14.7. The maximum Gasteiger partial charge on any atom is 0.255 e. The number of para-hydroxylation sites is 1. The number of nitrogen functional groups attached to an aromatic ring is 1. The van der Waals surface area contributed by atoms with Crippen LogP contribution in [0.15, 0.2) is 18.2 Å². The molecule has 20 heavy (non-hydrogen) atoms. The second kappa shape index (κ2) is 6.16. The van der Waals surface area contributed by atoms with E-state index in [1.54, 1.807) is 18.2 Å². The Hall–Kier alpha value is -1.71. The highest BCUT2D eigenvalue weighted by atomic mass is 16.5. The van der Waals surface area contributed by atoms with Gasteiger partial charge in [0.05, 0.1) is 18.4 Å². The summed E-state index contributed by atoms with van der Waals surface area (Å²) in [6.07, 6.45) is 3.25. The number of nitrogens with two attached hydrogens (primary N) is 1. The van der Waals surface area contributed by atoms with Crippen LogP contribution >= 0.6 is 0 Å². The van der Waals surface area contributed by atoms with Crippen molar-refractivity contribution in [2.45, 2.75) is 39.2 Å². The number of hydrogen-bond donors (Lipinski definition) is 2. The van der Waals surface area contributed by atoms with Crippen LogP contribution in [0.25, 0.3) is 0 Å². The maximum absolute atomic E-state index is 12.4. The largest absolute Gasteiger partial charge is 0.494 e. The number of ether oxygens (including phenoxy) is 1. The third kappa shape index (κ3) is 3.06. The van der Waals surface area contributed by atoms with Gasteiger partial charge in [-0.3, -0.25) is 4.79 Å². The molecule has 1 amide bonds. The lowest BCUT2D eigenvalue weighted by Gasteiger charge is -2.32. The molecule has 0 saturated heterocycles. The SMILES string of the molecule is COc1c(N)cccc1C(=O)NC1CCC(C)C(C)C1. The van der Waals surface area contributed by atoms with Gasteiger partial charge in [-0.2, -0.15) is 0 Å². The fourth-order valence-electron chi connectivity index (χ4n) is 2.90. The highest BCUT2D eigenvalue weighted by Gasteiger charge is 2.26. The fourth-order valence-corrected chi connectivity index (χ4v) is 2.90. The third-order valence-electron chi connectivity index (χ3n) is 4.43. The minimum absolute atomic E-state index is 0.0964. The van der Waals surface area contributed by atoms with Crippen molar-refractivity contribution >= 4 is 11.6 Å². The van der Waals surface area contributed by atoms with Crippen molar-refractivity contribution in [1.82, 2.24) is 5.32 Å². The summed E-state index contributed by atoms with van der Waals surface area (Å²) in [4.78, 5) is 12.4. The van der Waals surface area contributed by atoms with Gasteiger partial charge in [0.1, 0.15) is 0 Å². The van der Waals surface area contributed by atoms with Gasteiger partial charge in [0.15, 0.2) is 5.75 Å². The van der Waals surface area contributed by atoms with Gasteiger partial charge in [0.2, 0.25) is 0 Å². The zero-order valence-corrected chi connectivity index (χ0v) is 12.5.